The molecule has 0 radical (unpaired) electrons. The summed E-state index contributed by atoms with van der Waals surface area (Å²) in [5, 5.41) is 11.0. The van der Waals surface area contributed by atoms with Gasteiger partial charge in [0.25, 0.3) is 0 Å². The molecule has 1 aromatic heterocycles. The molecular formula is C13H15NO4S. The van der Waals surface area contributed by atoms with Gasteiger partial charge in [0.05, 0.1) is 19.3 Å². The molecule has 0 aliphatic rings. The molecule has 0 aliphatic heterocycles. The van der Waals surface area contributed by atoms with E-state index in [2.05, 4.69) is 0 Å². The Bertz CT molecular complexity index is 445. The lowest BCUT2D eigenvalue weighted by atomic mass is 9.92. The van der Waals surface area contributed by atoms with Gasteiger partial charge in [-0.25, -0.2) is 0 Å². The van der Waals surface area contributed by atoms with Crippen molar-refractivity contribution in [1.29, 1.82) is 5.26 Å². The Labute approximate surface area is 115 Å². The highest BCUT2D eigenvalue weighted by Crippen LogP contribution is 2.30. The molecule has 6 heteroatoms. The van der Waals surface area contributed by atoms with E-state index in [1.807, 2.05) is 6.07 Å². The zero-order valence-electron chi connectivity index (χ0n) is 10.8. The first-order valence-corrected chi connectivity index (χ1v) is 6.79. The van der Waals surface area contributed by atoms with Gasteiger partial charge >= 0.3 is 11.9 Å². The summed E-state index contributed by atoms with van der Waals surface area (Å²) in [6.45, 7) is 3.59. The predicted molar refractivity (Wildman–Crippen MR) is 69.4 cm³/mol. The van der Waals surface area contributed by atoms with Gasteiger partial charge in [-0.3, -0.25) is 9.59 Å². The smallest absolute Gasteiger partial charge is 0.322 e. The first-order chi connectivity index (χ1) is 9.15. The lowest BCUT2D eigenvalue weighted by Crippen LogP contribution is -2.32. The molecule has 0 aliphatic carbocycles. The maximum absolute atomic E-state index is 11.9. The van der Waals surface area contributed by atoms with E-state index in [0.29, 0.717) is 4.88 Å². The van der Waals surface area contributed by atoms with Crippen LogP contribution in [0.2, 0.25) is 0 Å². The van der Waals surface area contributed by atoms with Crippen LogP contribution in [0.5, 0.6) is 0 Å². The van der Waals surface area contributed by atoms with Crippen LogP contribution in [0.1, 0.15) is 24.6 Å². The molecule has 1 heterocycles. The largest absolute Gasteiger partial charge is 0.465 e. The zero-order chi connectivity index (χ0) is 14.3. The third-order valence-corrected chi connectivity index (χ3v) is 3.36. The number of thiophene rings is 1. The van der Waals surface area contributed by atoms with Crippen molar-refractivity contribution in [3.8, 4) is 6.07 Å². The van der Waals surface area contributed by atoms with Crippen LogP contribution >= 0.6 is 11.3 Å². The number of hydrogen-bond acceptors (Lipinski definition) is 6. The van der Waals surface area contributed by atoms with Crippen LogP contribution in [-0.4, -0.2) is 25.2 Å². The van der Waals surface area contributed by atoms with Crippen molar-refractivity contribution in [3.05, 3.63) is 22.4 Å². The minimum Gasteiger partial charge on any atom is -0.465 e. The molecule has 0 N–H and O–H groups in total. The fourth-order valence-electron chi connectivity index (χ4n) is 1.60. The van der Waals surface area contributed by atoms with Gasteiger partial charge in [-0.1, -0.05) is 6.07 Å². The van der Waals surface area contributed by atoms with Gasteiger partial charge in [0.1, 0.15) is 5.92 Å². The van der Waals surface area contributed by atoms with Crippen molar-refractivity contribution < 1.29 is 19.1 Å². The number of ether oxygens (including phenoxy) is 2. The number of esters is 2. The fourth-order valence-corrected chi connectivity index (χ4v) is 2.41. The van der Waals surface area contributed by atoms with E-state index in [1.54, 1.807) is 31.4 Å². The second kappa shape index (κ2) is 7.54. The first kappa shape index (κ1) is 15.2. The number of rotatable bonds is 6. The Morgan fingerprint density at radius 1 is 1.32 bits per heavy atom. The van der Waals surface area contributed by atoms with Crippen LogP contribution in [0.4, 0.5) is 0 Å². The number of carbonyl (C=O) groups excluding carboxylic acids is 2. The quantitative estimate of drug-likeness (QED) is 0.589. The molecule has 0 saturated heterocycles. The van der Waals surface area contributed by atoms with Crippen LogP contribution in [0.15, 0.2) is 17.5 Å². The van der Waals surface area contributed by atoms with Crippen molar-refractivity contribution in [3.63, 3.8) is 0 Å². The topological polar surface area (TPSA) is 76.4 Å². The molecule has 19 heavy (non-hydrogen) atoms. The minimum atomic E-state index is -1.23. The Hall–Kier alpha value is -1.87. The summed E-state index contributed by atoms with van der Waals surface area (Å²) in [4.78, 5) is 24.4. The molecule has 0 saturated carbocycles. The number of hydrogen-bond donors (Lipinski definition) is 0. The Kier molecular flexibility index (Phi) is 6.03. The molecule has 1 atom stereocenters. The van der Waals surface area contributed by atoms with E-state index >= 15 is 0 Å². The highest BCUT2D eigenvalue weighted by atomic mass is 32.1. The predicted octanol–water partition coefficient (Wildman–Crippen LogP) is 2.10. The van der Waals surface area contributed by atoms with Gasteiger partial charge in [-0.2, -0.15) is 5.26 Å². The summed E-state index contributed by atoms with van der Waals surface area (Å²) in [5.41, 5.74) is 0. The summed E-state index contributed by atoms with van der Waals surface area (Å²) in [6, 6.07) is 5.47. The molecular weight excluding hydrogens is 266 g/mol. The Morgan fingerprint density at radius 2 is 1.89 bits per heavy atom. The van der Waals surface area contributed by atoms with E-state index in [9.17, 15) is 14.9 Å². The van der Waals surface area contributed by atoms with Crippen LogP contribution in [0, 0.1) is 17.2 Å². The summed E-state index contributed by atoms with van der Waals surface area (Å²) >= 11 is 1.32. The third kappa shape index (κ3) is 3.80. The van der Waals surface area contributed by atoms with Crippen LogP contribution in [0.3, 0.4) is 0 Å². The Morgan fingerprint density at radius 3 is 2.26 bits per heavy atom. The molecule has 1 aromatic rings. The third-order valence-electron chi connectivity index (χ3n) is 2.40. The maximum Gasteiger partial charge on any atom is 0.322 e. The van der Waals surface area contributed by atoms with Crippen molar-refractivity contribution >= 4 is 23.3 Å². The summed E-state index contributed by atoms with van der Waals surface area (Å²) in [7, 11) is 0. The molecule has 102 valence electrons. The van der Waals surface area contributed by atoms with E-state index in [1.165, 1.54) is 11.3 Å². The average Bonchev–Trinajstić information content (AvgIpc) is 2.89. The summed E-state index contributed by atoms with van der Waals surface area (Å²) in [5.74, 6) is -3.55. The van der Waals surface area contributed by atoms with Gasteiger partial charge in [0.15, 0.2) is 5.92 Å². The van der Waals surface area contributed by atoms with Crippen molar-refractivity contribution in [2.45, 2.75) is 19.8 Å². The highest BCUT2D eigenvalue weighted by molar-refractivity contribution is 7.10. The number of nitrogens with zero attached hydrogens (tertiary/aromatic N) is 1. The maximum atomic E-state index is 11.9. The van der Waals surface area contributed by atoms with E-state index in [4.69, 9.17) is 9.47 Å². The highest BCUT2D eigenvalue weighted by Gasteiger charge is 2.39. The van der Waals surface area contributed by atoms with Crippen LogP contribution in [0.25, 0.3) is 0 Å². The Balaban J connectivity index is 3.04. The van der Waals surface area contributed by atoms with E-state index in [-0.39, 0.29) is 13.2 Å². The van der Waals surface area contributed by atoms with E-state index in [0.717, 1.165) is 0 Å². The first-order valence-electron chi connectivity index (χ1n) is 5.91. The van der Waals surface area contributed by atoms with Gasteiger partial charge in [-0.05, 0) is 25.3 Å². The summed E-state index contributed by atoms with van der Waals surface area (Å²) < 4.78 is 9.73. The molecule has 0 spiro atoms. The van der Waals surface area contributed by atoms with Gasteiger partial charge in [-0.15, -0.1) is 11.3 Å². The van der Waals surface area contributed by atoms with Crippen molar-refractivity contribution in [2.75, 3.05) is 13.2 Å². The number of carbonyl (C=O) groups is 2. The number of nitriles is 1. The van der Waals surface area contributed by atoms with Crippen LogP contribution < -0.4 is 0 Å². The average molecular weight is 281 g/mol. The van der Waals surface area contributed by atoms with Gasteiger partial charge < -0.3 is 9.47 Å². The van der Waals surface area contributed by atoms with Gasteiger partial charge in [0, 0.05) is 4.88 Å². The fraction of sp³-hybridized carbons (Fsp3) is 0.462. The van der Waals surface area contributed by atoms with Crippen molar-refractivity contribution in [2.24, 2.45) is 5.92 Å². The second-order valence-corrected chi connectivity index (χ2v) is 4.58. The SMILES string of the molecule is CCOC(=O)C(C(=O)OCC)C(C#N)c1cccs1. The molecule has 1 unspecified atom stereocenters. The van der Waals surface area contributed by atoms with Crippen molar-refractivity contribution in [1.82, 2.24) is 0 Å². The molecule has 0 amide bonds. The minimum absolute atomic E-state index is 0.150. The van der Waals surface area contributed by atoms with Gasteiger partial charge in [0.2, 0.25) is 0 Å². The lowest BCUT2D eigenvalue weighted by molar-refractivity contribution is -0.162. The normalized spacial score (nSPS) is 11.7. The zero-order valence-corrected chi connectivity index (χ0v) is 11.6. The molecule has 1 rings (SSSR count). The standard InChI is InChI=1S/C13H15NO4S/c1-3-17-12(15)11(13(16)18-4-2)9(8-14)10-6-5-7-19-10/h5-7,9,11H,3-4H2,1-2H3. The molecule has 0 bridgehead atoms. The summed E-state index contributed by atoms with van der Waals surface area (Å²) in [6.07, 6.45) is 0. The van der Waals surface area contributed by atoms with Crippen LogP contribution in [-0.2, 0) is 19.1 Å². The molecule has 5 nitrogen and oxygen atoms in total. The monoisotopic (exact) mass is 281 g/mol. The molecule has 0 fully saturated rings. The van der Waals surface area contributed by atoms with E-state index < -0.39 is 23.8 Å². The second-order valence-electron chi connectivity index (χ2n) is 3.60. The lowest BCUT2D eigenvalue weighted by Gasteiger charge is -2.17. The molecule has 0 aromatic carbocycles.